The predicted octanol–water partition coefficient (Wildman–Crippen LogP) is 3.86. The molecule has 0 spiro atoms. The van der Waals surface area contributed by atoms with Crippen LogP contribution in [0.25, 0.3) is 0 Å². The van der Waals surface area contributed by atoms with Crippen LogP contribution in [-0.4, -0.2) is 13.2 Å². The van der Waals surface area contributed by atoms with E-state index < -0.39 is 0 Å². The van der Waals surface area contributed by atoms with Gasteiger partial charge in [-0.15, -0.1) is 0 Å². The van der Waals surface area contributed by atoms with Crippen LogP contribution in [0.4, 0.5) is 5.69 Å². The van der Waals surface area contributed by atoms with E-state index in [9.17, 15) is 0 Å². The van der Waals surface area contributed by atoms with Crippen molar-refractivity contribution in [3.05, 3.63) is 23.8 Å². The van der Waals surface area contributed by atoms with Crippen molar-refractivity contribution in [1.29, 1.82) is 0 Å². The second kappa shape index (κ2) is 5.21. The molecule has 3 rings (SSSR count). The van der Waals surface area contributed by atoms with E-state index in [1.165, 1.54) is 36.9 Å². The third-order valence-electron chi connectivity index (χ3n) is 4.33. The first-order chi connectivity index (χ1) is 8.83. The first-order valence-corrected chi connectivity index (χ1v) is 7.31. The number of ether oxygens (including phenoxy) is 1. The number of rotatable bonds is 3. The molecule has 1 N–H and O–H groups in total. The lowest BCUT2D eigenvalue weighted by Crippen LogP contribution is -2.15. The largest absolute Gasteiger partial charge is 0.493 e. The number of hydrogen-bond donors (Lipinski definition) is 1. The van der Waals surface area contributed by atoms with Crippen LogP contribution < -0.4 is 10.1 Å². The Morgan fingerprint density at radius 3 is 3.11 bits per heavy atom. The third-order valence-corrected chi connectivity index (χ3v) is 4.33. The molecule has 0 aromatic heterocycles. The van der Waals surface area contributed by atoms with E-state index in [0.717, 1.165) is 37.2 Å². The van der Waals surface area contributed by atoms with Gasteiger partial charge in [0.1, 0.15) is 5.75 Å². The molecule has 0 amide bonds. The van der Waals surface area contributed by atoms with E-state index in [4.69, 9.17) is 4.74 Å². The zero-order valence-electron chi connectivity index (χ0n) is 11.2. The molecule has 2 atom stereocenters. The van der Waals surface area contributed by atoms with Crippen molar-refractivity contribution in [3.63, 3.8) is 0 Å². The van der Waals surface area contributed by atoms with Crippen LogP contribution in [0.15, 0.2) is 18.2 Å². The summed E-state index contributed by atoms with van der Waals surface area (Å²) in [5.74, 6) is 2.77. The van der Waals surface area contributed by atoms with Crippen LogP contribution >= 0.6 is 0 Å². The smallest absolute Gasteiger partial charge is 0.124 e. The Bertz CT molecular complexity index is 416. The fourth-order valence-corrected chi connectivity index (χ4v) is 3.30. The van der Waals surface area contributed by atoms with E-state index >= 15 is 0 Å². The summed E-state index contributed by atoms with van der Waals surface area (Å²) < 4.78 is 6.10. The molecule has 0 saturated heterocycles. The van der Waals surface area contributed by atoms with Gasteiger partial charge in [-0.2, -0.15) is 0 Å². The van der Waals surface area contributed by atoms with Crippen LogP contribution in [0.5, 0.6) is 5.75 Å². The fourth-order valence-electron chi connectivity index (χ4n) is 3.30. The van der Waals surface area contributed by atoms with Gasteiger partial charge in [-0.1, -0.05) is 19.4 Å². The van der Waals surface area contributed by atoms with Gasteiger partial charge in [0.05, 0.1) is 6.61 Å². The van der Waals surface area contributed by atoms with Gasteiger partial charge in [0.25, 0.3) is 0 Å². The Morgan fingerprint density at radius 2 is 2.28 bits per heavy atom. The van der Waals surface area contributed by atoms with Crippen molar-refractivity contribution < 1.29 is 4.74 Å². The maximum absolute atomic E-state index is 6.10. The van der Waals surface area contributed by atoms with Gasteiger partial charge in [0.15, 0.2) is 0 Å². The van der Waals surface area contributed by atoms with Gasteiger partial charge in [0.2, 0.25) is 0 Å². The molecule has 2 unspecified atom stereocenters. The second-order valence-corrected chi connectivity index (χ2v) is 5.91. The molecule has 0 radical (unpaired) electrons. The molecule has 0 bridgehead atoms. The third kappa shape index (κ3) is 2.47. The lowest BCUT2D eigenvalue weighted by atomic mass is 10.0. The zero-order chi connectivity index (χ0) is 12.4. The van der Waals surface area contributed by atoms with Crippen molar-refractivity contribution in [2.24, 2.45) is 11.8 Å². The minimum absolute atomic E-state index is 0.771. The minimum atomic E-state index is 0.771. The molecule has 1 aromatic rings. The zero-order valence-corrected chi connectivity index (χ0v) is 11.2. The summed E-state index contributed by atoms with van der Waals surface area (Å²) in [6.45, 7) is 4.35. The monoisotopic (exact) mass is 245 g/mol. The molecular weight excluding hydrogens is 222 g/mol. The summed E-state index contributed by atoms with van der Waals surface area (Å²) in [6.07, 6.45) is 6.43. The molecule has 2 aliphatic rings. The molecule has 1 aromatic carbocycles. The summed E-state index contributed by atoms with van der Waals surface area (Å²) in [7, 11) is 0. The Kier molecular flexibility index (Phi) is 3.44. The second-order valence-electron chi connectivity index (χ2n) is 5.91. The number of benzene rings is 1. The molecule has 18 heavy (non-hydrogen) atoms. The minimum Gasteiger partial charge on any atom is -0.493 e. The number of hydrogen-bond acceptors (Lipinski definition) is 2. The number of fused-ring (bicyclic) bond motifs is 1. The predicted molar refractivity (Wildman–Crippen MR) is 75.3 cm³/mol. The number of anilines is 1. The lowest BCUT2D eigenvalue weighted by molar-refractivity contribution is 0.247. The average Bonchev–Trinajstić information content (AvgIpc) is 2.82. The normalized spacial score (nSPS) is 26.5. The van der Waals surface area contributed by atoms with Crippen LogP contribution in [0.1, 0.15) is 38.2 Å². The highest BCUT2D eigenvalue weighted by molar-refractivity contribution is 5.59. The topological polar surface area (TPSA) is 21.3 Å². The van der Waals surface area contributed by atoms with Crippen molar-refractivity contribution in [3.8, 4) is 5.75 Å². The Labute approximate surface area is 110 Å². The SMILES string of the molecule is CC1CCC(COc2cccc3c2CCCN3)C1. The van der Waals surface area contributed by atoms with Gasteiger partial charge >= 0.3 is 0 Å². The van der Waals surface area contributed by atoms with E-state index in [0.29, 0.717) is 0 Å². The van der Waals surface area contributed by atoms with Gasteiger partial charge in [-0.3, -0.25) is 0 Å². The first-order valence-electron chi connectivity index (χ1n) is 7.31. The summed E-state index contributed by atoms with van der Waals surface area (Å²) in [4.78, 5) is 0. The van der Waals surface area contributed by atoms with Crippen LogP contribution in [-0.2, 0) is 6.42 Å². The first kappa shape index (κ1) is 11.9. The van der Waals surface area contributed by atoms with Crippen molar-refractivity contribution in [2.75, 3.05) is 18.5 Å². The van der Waals surface area contributed by atoms with E-state index in [1.54, 1.807) is 0 Å². The molecule has 1 heterocycles. The number of nitrogens with one attached hydrogen (secondary N) is 1. The Hall–Kier alpha value is -1.18. The standard InChI is InChI=1S/C16H23NO/c1-12-7-8-13(10-12)11-18-16-6-2-5-15-14(16)4-3-9-17-15/h2,5-6,12-13,17H,3-4,7-11H2,1H3. The summed E-state index contributed by atoms with van der Waals surface area (Å²) in [5.41, 5.74) is 2.66. The highest BCUT2D eigenvalue weighted by Gasteiger charge is 2.22. The molecule has 2 heteroatoms. The van der Waals surface area contributed by atoms with Gasteiger partial charge in [-0.05, 0) is 49.7 Å². The molecule has 2 nitrogen and oxygen atoms in total. The van der Waals surface area contributed by atoms with Gasteiger partial charge in [-0.25, -0.2) is 0 Å². The fraction of sp³-hybridized carbons (Fsp3) is 0.625. The summed E-state index contributed by atoms with van der Waals surface area (Å²) in [6, 6.07) is 6.40. The maximum Gasteiger partial charge on any atom is 0.124 e. The molecule has 98 valence electrons. The molecule has 1 aliphatic heterocycles. The van der Waals surface area contributed by atoms with E-state index in [-0.39, 0.29) is 0 Å². The van der Waals surface area contributed by atoms with Crippen LogP contribution in [0.2, 0.25) is 0 Å². The van der Waals surface area contributed by atoms with E-state index in [1.807, 2.05) is 0 Å². The average molecular weight is 245 g/mol. The van der Waals surface area contributed by atoms with Gasteiger partial charge in [0, 0.05) is 17.8 Å². The van der Waals surface area contributed by atoms with Crippen molar-refractivity contribution >= 4 is 5.69 Å². The molecule has 1 saturated carbocycles. The molecule has 1 aliphatic carbocycles. The van der Waals surface area contributed by atoms with Crippen LogP contribution in [0.3, 0.4) is 0 Å². The highest BCUT2D eigenvalue weighted by Crippen LogP contribution is 2.34. The Balaban J connectivity index is 1.65. The van der Waals surface area contributed by atoms with Gasteiger partial charge < -0.3 is 10.1 Å². The van der Waals surface area contributed by atoms with E-state index in [2.05, 4.69) is 30.4 Å². The molecule has 1 fully saturated rings. The quantitative estimate of drug-likeness (QED) is 0.873. The molecular formula is C16H23NO. The maximum atomic E-state index is 6.10. The lowest BCUT2D eigenvalue weighted by Gasteiger charge is -2.22. The highest BCUT2D eigenvalue weighted by atomic mass is 16.5. The van der Waals surface area contributed by atoms with Crippen molar-refractivity contribution in [2.45, 2.75) is 39.0 Å². The van der Waals surface area contributed by atoms with Crippen LogP contribution in [0, 0.1) is 11.8 Å². The Morgan fingerprint density at radius 1 is 1.33 bits per heavy atom. The summed E-state index contributed by atoms with van der Waals surface area (Å²) in [5, 5.41) is 3.46. The van der Waals surface area contributed by atoms with Crippen molar-refractivity contribution in [1.82, 2.24) is 0 Å². The summed E-state index contributed by atoms with van der Waals surface area (Å²) >= 11 is 0.